The number of unbranched alkanes of at least 4 members (excludes halogenated alkanes) is 6. The summed E-state index contributed by atoms with van der Waals surface area (Å²) in [6.07, 6.45) is -10.3. The molecule has 10 atom stereocenters. The van der Waals surface area contributed by atoms with Crippen LogP contribution in [-0.4, -0.2) is 122 Å². The highest BCUT2D eigenvalue weighted by atomic mass is 16.8. The summed E-state index contributed by atoms with van der Waals surface area (Å²) in [4.78, 5) is 26.3. The summed E-state index contributed by atoms with van der Waals surface area (Å²) < 4.78 is 22.4. The van der Waals surface area contributed by atoms with Gasteiger partial charge in [-0.05, 0) is 12.8 Å². The van der Waals surface area contributed by atoms with Crippen LogP contribution in [-0.2, 0) is 28.5 Å². The van der Waals surface area contributed by atoms with E-state index in [0.717, 1.165) is 32.1 Å². The normalized spacial score (nSPS) is 35.6. The molecule has 2 fully saturated rings. The van der Waals surface area contributed by atoms with Crippen molar-refractivity contribution in [3.8, 4) is 0 Å². The van der Waals surface area contributed by atoms with Gasteiger partial charge in [0.15, 0.2) is 12.1 Å². The molecule has 7 N–H and O–H groups in total. The third-order valence-corrected chi connectivity index (χ3v) is 7.20. The van der Waals surface area contributed by atoms with Gasteiger partial charge in [0.05, 0.1) is 13.2 Å². The molecule has 2 aliphatic heterocycles. The largest absolute Gasteiger partial charge is 0.448 e. The van der Waals surface area contributed by atoms with E-state index in [1.807, 2.05) is 13.8 Å². The average molecular weight is 567 g/mol. The second-order valence-electron chi connectivity index (χ2n) is 10.3. The zero-order valence-electron chi connectivity index (χ0n) is 22.8. The van der Waals surface area contributed by atoms with Gasteiger partial charge in [-0.1, -0.05) is 52.4 Å². The Morgan fingerprint density at radius 2 is 1.36 bits per heavy atom. The summed E-state index contributed by atoms with van der Waals surface area (Å²) in [7, 11) is 0. The van der Waals surface area contributed by atoms with Gasteiger partial charge in [-0.3, -0.25) is 9.59 Å². The molecule has 13 heteroatoms. The maximum absolute atomic E-state index is 13.5. The van der Waals surface area contributed by atoms with Gasteiger partial charge in [0.1, 0.15) is 42.7 Å². The van der Waals surface area contributed by atoms with Crippen molar-refractivity contribution in [2.75, 3.05) is 13.2 Å². The number of hydrogen-bond acceptors (Lipinski definition) is 13. The van der Waals surface area contributed by atoms with Crippen LogP contribution in [0.25, 0.3) is 0 Å². The monoisotopic (exact) mass is 566 g/mol. The molecule has 2 saturated heterocycles. The van der Waals surface area contributed by atoms with E-state index in [0.29, 0.717) is 19.3 Å². The van der Waals surface area contributed by atoms with Gasteiger partial charge in [0.25, 0.3) is 0 Å². The number of hydrogen-bond donors (Lipinski definition) is 7. The Labute approximate surface area is 228 Å². The van der Waals surface area contributed by atoms with E-state index in [4.69, 9.17) is 18.9 Å². The van der Waals surface area contributed by atoms with E-state index in [9.17, 15) is 45.3 Å². The van der Waals surface area contributed by atoms with Crippen LogP contribution in [0.1, 0.15) is 78.1 Å². The van der Waals surface area contributed by atoms with E-state index < -0.39 is 85.9 Å². The lowest BCUT2D eigenvalue weighted by atomic mass is 9.93. The lowest BCUT2D eigenvalue weighted by Crippen LogP contribution is -2.65. The number of aliphatic hydroxyl groups is 7. The second-order valence-corrected chi connectivity index (χ2v) is 10.3. The molecule has 0 bridgehead atoms. The van der Waals surface area contributed by atoms with Gasteiger partial charge in [0.2, 0.25) is 11.9 Å². The van der Waals surface area contributed by atoms with Crippen molar-refractivity contribution < 1.29 is 64.3 Å². The first-order valence-corrected chi connectivity index (χ1v) is 13.9. The molecule has 0 aliphatic carbocycles. The first-order chi connectivity index (χ1) is 18.6. The Morgan fingerprint density at radius 3 is 1.90 bits per heavy atom. The Kier molecular flexibility index (Phi) is 14.1. The van der Waals surface area contributed by atoms with Gasteiger partial charge >= 0.3 is 5.97 Å². The van der Waals surface area contributed by atoms with Crippen molar-refractivity contribution in [3.63, 3.8) is 0 Å². The zero-order chi connectivity index (χ0) is 29.2. The number of carbonyl (C=O) groups is 2. The lowest BCUT2D eigenvalue weighted by Gasteiger charge is -2.45. The van der Waals surface area contributed by atoms with Crippen LogP contribution < -0.4 is 0 Å². The number of rotatable bonds is 17. The van der Waals surface area contributed by atoms with E-state index in [1.165, 1.54) is 0 Å². The minimum absolute atomic E-state index is 0.0438. The maximum Gasteiger partial charge on any atom is 0.306 e. The fraction of sp³-hybridized carbons (Fsp3) is 0.923. The highest BCUT2D eigenvalue weighted by Gasteiger charge is 2.65. The van der Waals surface area contributed by atoms with E-state index >= 15 is 0 Å². The first-order valence-electron chi connectivity index (χ1n) is 13.9. The van der Waals surface area contributed by atoms with Crippen LogP contribution in [0, 0.1) is 0 Å². The van der Waals surface area contributed by atoms with E-state index in [2.05, 4.69) is 0 Å². The van der Waals surface area contributed by atoms with Crippen LogP contribution in [0.2, 0.25) is 0 Å². The molecule has 0 aromatic heterocycles. The van der Waals surface area contributed by atoms with Crippen molar-refractivity contribution in [2.24, 2.45) is 0 Å². The predicted molar refractivity (Wildman–Crippen MR) is 134 cm³/mol. The minimum atomic E-state index is -2.65. The molecule has 0 spiro atoms. The van der Waals surface area contributed by atoms with Gasteiger partial charge in [-0.2, -0.15) is 0 Å². The van der Waals surface area contributed by atoms with Crippen LogP contribution in [0.4, 0.5) is 0 Å². The highest BCUT2D eigenvalue weighted by Crippen LogP contribution is 2.40. The topological polar surface area (TPSA) is 213 Å². The molecule has 2 aliphatic rings. The molecule has 228 valence electrons. The van der Waals surface area contributed by atoms with Crippen LogP contribution in [0.5, 0.6) is 0 Å². The number of carbonyl (C=O) groups excluding carboxylic acids is 2. The number of ether oxygens (including phenoxy) is 4. The predicted octanol–water partition coefficient (Wildman–Crippen LogP) is -0.966. The molecule has 0 saturated carbocycles. The Bertz CT molecular complexity index is 749. The van der Waals surface area contributed by atoms with Gasteiger partial charge in [-0.25, -0.2) is 0 Å². The molecule has 0 amide bonds. The number of esters is 1. The van der Waals surface area contributed by atoms with Gasteiger partial charge in [-0.15, -0.1) is 0 Å². The third-order valence-electron chi connectivity index (χ3n) is 7.20. The molecule has 0 aromatic rings. The fourth-order valence-electron chi connectivity index (χ4n) is 4.80. The van der Waals surface area contributed by atoms with Crippen molar-refractivity contribution in [1.29, 1.82) is 0 Å². The standard InChI is InChI=1S/C26H46O13/c1-3-5-7-9-11-15(29)24(37-18(30)12-10-8-6-4-2)26(23(35)20(32)17(14-28)38-26)39-25-22(34)21(33)19(31)16(13-27)36-25/h16-17,19-25,27-28,31-35H,3-14H2,1-2H3/t16-,17-,19-,20-,21+,22-,23+,24?,25-,26-/m1/s1. The van der Waals surface area contributed by atoms with Crippen LogP contribution in [0.3, 0.4) is 0 Å². The van der Waals surface area contributed by atoms with Crippen molar-refractivity contribution in [2.45, 2.75) is 139 Å². The second kappa shape index (κ2) is 16.2. The first kappa shape index (κ1) is 33.9. The molecule has 2 rings (SSSR count). The summed E-state index contributed by atoms with van der Waals surface area (Å²) in [5.74, 6) is -4.13. The molecule has 39 heavy (non-hydrogen) atoms. The third kappa shape index (κ3) is 8.38. The average Bonchev–Trinajstić information content (AvgIpc) is 3.17. The van der Waals surface area contributed by atoms with E-state index in [1.54, 1.807) is 0 Å². The molecule has 1 unspecified atom stereocenters. The summed E-state index contributed by atoms with van der Waals surface area (Å²) >= 11 is 0. The quantitative estimate of drug-likeness (QED) is 0.0835. The van der Waals surface area contributed by atoms with Crippen molar-refractivity contribution in [3.05, 3.63) is 0 Å². The SMILES string of the molecule is CCCCCCC(=O)OC(C(=O)CCCCCC)[C@@]1(O[C@H]2O[C@H](CO)[C@@H](O)[C@H](O)[C@H]2O)O[C@H](CO)[C@@H](O)[C@@H]1O. The molecule has 2 heterocycles. The zero-order valence-corrected chi connectivity index (χ0v) is 22.8. The van der Waals surface area contributed by atoms with Gasteiger partial charge in [0, 0.05) is 12.8 Å². The Balaban J connectivity index is 2.43. The number of aliphatic hydroxyl groups excluding tert-OH is 7. The summed E-state index contributed by atoms with van der Waals surface area (Å²) in [6, 6.07) is 0. The molecule has 13 nitrogen and oxygen atoms in total. The van der Waals surface area contributed by atoms with E-state index in [-0.39, 0.29) is 12.8 Å². The van der Waals surface area contributed by atoms with Crippen molar-refractivity contribution in [1.82, 2.24) is 0 Å². The smallest absolute Gasteiger partial charge is 0.306 e. The molecular formula is C26H46O13. The van der Waals surface area contributed by atoms with Crippen molar-refractivity contribution >= 4 is 11.8 Å². The lowest BCUT2D eigenvalue weighted by molar-refractivity contribution is -0.391. The van der Waals surface area contributed by atoms with Crippen LogP contribution >= 0.6 is 0 Å². The van der Waals surface area contributed by atoms with Crippen LogP contribution in [0.15, 0.2) is 0 Å². The Morgan fingerprint density at radius 1 is 0.769 bits per heavy atom. The summed E-state index contributed by atoms with van der Waals surface area (Å²) in [5, 5.41) is 71.9. The Hall–Kier alpha value is -1.26. The molecule has 0 aromatic carbocycles. The molecule has 0 radical (unpaired) electrons. The summed E-state index contributed by atoms with van der Waals surface area (Å²) in [5.41, 5.74) is 0. The molecular weight excluding hydrogens is 520 g/mol. The number of Topliss-reactive ketones (excluding diaryl/α,β-unsaturated/α-hetero) is 1. The minimum Gasteiger partial charge on any atom is -0.448 e. The van der Waals surface area contributed by atoms with Gasteiger partial charge < -0.3 is 54.7 Å². The summed E-state index contributed by atoms with van der Waals surface area (Å²) in [6.45, 7) is 2.41. The fourth-order valence-corrected chi connectivity index (χ4v) is 4.80. The number of ketones is 1. The highest BCUT2D eigenvalue weighted by molar-refractivity contribution is 5.87. The maximum atomic E-state index is 13.5.